The molecule has 0 bridgehead atoms. The number of hydrogen-bond acceptors (Lipinski definition) is 5. The van der Waals surface area contributed by atoms with E-state index in [0.717, 1.165) is 42.6 Å². The molecule has 0 spiro atoms. The Balaban J connectivity index is 1.66. The summed E-state index contributed by atoms with van der Waals surface area (Å²) in [6.07, 6.45) is 4.06. The molecule has 0 saturated heterocycles. The number of rotatable bonds is 4. The first-order valence-electron chi connectivity index (χ1n) is 8.29. The van der Waals surface area contributed by atoms with Gasteiger partial charge in [0.25, 0.3) is 5.89 Å². The first kappa shape index (κ1) is 14.9. The molecule has 1 heterocycles. The predicted molar refractivity (Wildman–Crippen MR) is 93.8 cm³/mol. The molecule has 3 N–H and O–H groups in total. The highest BCUT2D eigenvalue weighted by atomic mass is 16.5. The fourth-order valence-corrected chi connectivity index (χ4v) is 3.22. The van der Waals surface area contributed by atoms with E-state index in [1.54, 1.807) is 0 Å². The highest BCUT2D eigenvalue weighted by Gasteiger charge is 2.36. The summed E-state index contributed by atoms with van der Waals surface area (Å²) >= 11 is 0. The fraction of sp³-hybridized carbons (Fsp3) is 0.263. The lowest BCUT2D eigenvalue weighted by molar-refractivity contribution is 0.372. The lowest BCUT2D eigenvalue weighted by atomic mass is 9.98. The van der Waals surface area contributed by atoms with Crippen LogP contribution in [0.4, 0.5) is 11.4 Å². The number of para-hydroxylation sites is 2. The van der Waals surface area contributed by atoms with Crippen LogP contribution in [0.2, 0.25) is 0 Å². The Morgan fingerprint density at radius 3 is 2.46 bits per heavy atom. The van der Waals surface area contributed by atoms with Crippen LogP contribution in [0.15, 0.2) is 59.1 Å². The number of nitrogens with two attached hydrogens (primary N) is 1. The van der Waals surface area contributed by atoms with Crippen molar-refractivity contribution in [3.8, 4) is 11.5 Å². The Kier molecular flexibility index (Phi) is 3.78. The normalized spacial score (nSPS) is 16.2. The van der Waals surface area contributed by atoms with Crippen molar-refractivity contribution in [2.75, 3.05) is 5.32 Å². The molecule has 1 aromatic heterocycles. The predicted octanol–water partition coefficient (Wildman–Crippen LogP) is 4.21. The maximum Gasteiger partial charge on any atom is 0.260 e. The summed E-state index contributed by atoms with van der Waals surface area (Å²) in [5.74, 6) is 1.12. The minimum Gasteiger partial charge on any atom is -0.355 e. The number of aromatic nitrogens is 2. The summed E-state index contributed by atoms with van der Waals surface area (Å²) in [6.45, 7) is 0. The van der Waals surface area contributed by atoms with Gasteiger partial charge >= 0.3 is 0 Å². The van der Waals surface area contributed by atoms with Crippen LogP contribution < -0.4 is 11.1 Å². The van der Waals surface area contributed by atoms with Gasteiger partial charge in [0.15, 0.2) is 5.82 Å². The molecule has 4 rings (SSSR count). The molecular weight excluding hydrogens is 300 g/mol. The van der Waals surface area contributed by atoms with Gasteiger partial charge in [-0.3, -0.25) is 0 Å². The summed E-state index contributed by atoms with van der Waals surface area (Å²) in [5.41, 5.74) is 8.81. The second-order valence-corrected chi connectivity index (χ2v) is 6.32. The van der Waals surface area contributed by atoms with E-state index in [1.807, 2.05) is 54.6 Å². The fourth-order valence-electron chi connectivity index (χ4n) is 3.22. The van der Waals surface area contributed by atoms with Crippen molar-refractivity contribution in [2.45, 2.75) is 31.2 Å². The first-order valence-corrected chi connectivity index (χ1v) is 8.29. The van der Waals surface area contributed by atoms with E-state index in [9.17, 15) is 0 Å². The second kappa shape index (κ2) is 6.09. The summed E-state index contributed by atoms with van der Waals surface area (Å²) in [6, 6.07) is 17.9. The molecule has 24 heavy (non-hydrogen) atoms. The largest absolute Gasteiger partial charge is 0.355 e. The van der Waals surface area contributed by atoms with Crippen molar-refractivity contribution in [3.63, 3.8) is 0 Å². The first-order chi connectivity index (χ1) is 11.7. The van der Waals surface area contributed by atoms with E-state index in [-0.39, 0.29) is 0 Å². The third-order valence-electron chi connectivity index (χ3n) is 4.58. The van der Waals surface area contributed by atoms with E-state index in [2.05, 4.69) is 15.5 Å². The third kappa shape index (κ3) is 2.78. The van der Waals surface area contributed by atoms with E-state index in [1.165, 1.54) is 0 Å². The zero-order chi connectivity index (χ0) is 16.4. The van der Waals surface area contributed by atoms with Gasteiger partial charge in [-0.15, -0.1) is 0 Å². The van der Waals surface area contributed by atoms with Crippen molar-refractivity contribution >= 4 is 11.4 Å². The van der Waals surface area contributed by atoms with Crippen molar-refractivity contribution in [3.05, 3.63) is 60.4 Å². The van der Waals surface area contributed by atoms with E-state index >= 15 is 0 Å². The number of nitrogens with one attached hydrogen (secondary N) is 1. The molecule has 2 aromatic carbocycles. The maximum absolute atomic E-state index is 6.43. The molecule has 0 radical (unpaired) electrons. The number of anilines is 2. The van der Waals surface area contributed by atoms with Crippen molar-refractivity contribution in [1.82, 2.24) is 10.1 Å². The van der Waals surface area contributed by atoms with Crippen LogP contribution in [0.1, 0.15) is 31.5 Å². The monoisotopic (exact) mass is 320 g/mol. The molecule has 0 amide bonds. The number of hydrogen-bond donors (Lipinski definition) is 2. The van der Waals surface area contributed by atoms with Crippen LogP contribution >= 0.6 is 0 Å². The molecule has 0 atom stereocenters. The van der Waals surface area contributed by atoms with Crippen molar-refractivity contribution < 1.29 is 4.52 Å². The van der Waals surface area contributed by atoms with Crippen LogP contribution in [0.5, 0.6) is 0 Å². The molecule has 122 valence electrons. The van der Waals surface area contributed by atoms with Gasteiger partial charge < -0.3 is 15.6 Å². The maximum atomic E-state index is 6.43. The highest BCUT2D eigenvalue weighted by Crippen LogP contribution is 2.36. The van der Waals surface area contributed by atoms with Gasteiger partial charge in [-0.2, -0.15) is 4.98 Å². The summed E-state index contributed by atoms with van der Waals surface area (Å²) in [5, 5.41) is 7.56. The lowest BCUT2D eigenvalue weighted by Gasteiger charge is -2.17. The van der Waals surface area contributed by atoms with Crippen LogP contribution in [-0.2, 0) is 5.54 Å². The standard InChI is InChI=1S/C19H20N4O/c20-19(12-6-7-13-19)18-22-17(24-23-18)15-10-4-5-11-16(15)21-14-8-2-1-3-9-14/h1-5,8-11,21H,6-7,12-13,20H2. The van der Waals surface area contributed by atoms with E-state index in [0.29, 0.717) is 11.7 Å². The van der Waals surface area contributed by atoms with Crippen molar-refractivity contribution in [2.24, 2.45) is 5.73 Å². The Hall–Kier alpha value is -2.66. The summed E-state index contributed by atoms with van der Waals surface area (Å²) < 4.78 is 5.53. The molecule has 1 aliphatic rings. The lowest BCUT2D eigenvalue weighted by Crippen LogP contribution is -2.34. The molecule has 1 saturated carbocycles. The molecule has 5 nitrogen and oxygen atoms in total. The average molecular weight is 320 g/mol. The molecule has 5 heteroatoms. The van der Waals surface area contributed by atoms with Gasteiger partial charge in [0.05, 0.1) is 16.8 Å². The van der Waals surface area contributed by atoms with Gasteiger partial charge in [0, 0.05) is 5.69 Å². The van der Waals surface area contributed by atoms with Crippen molar-refractivity contribution in [1.29, 1.82) is 0 Å². The molecular formula is C19H20N4O. The Labute approximate surface area is 140 Å². The molecule has 1 aliphatic carbocycles. The molecule has 3 aromatic rings. The quantitative estimate of drug-likeness (QED) is 0.753. The summed E-state index contributed by atoms with van der Waals surface area (Å²) in [4.78, 5) is 4.59. The SMILES string of the molecule is NC1(c2noc(-c3ccccc3Nc3ccccc3)n2)CCCC1. The Morgan fingerprint density at radius 1 is 0.958 bits per heavy atom. The minimum absolute atomic E-state index is 0.441. The number of nitrogens with zero attached hydrogens (tertiary/aromatic N) is 2. The second-order valence-electron chi connectivity index (χ2n) is 6.32. The third-order valence-corrected chi connectivity index (χ3v) is 4.58. The van der Waals surface area contributed by atoms with Gasteiger partial charge in [-0.25, -0.2) is 0 Å². The summed E-state index contributed by atoms with van der Waals surface area (Å²) in [7, 11) is 0. The van der Waals surface area contributed by atoms with Gasteiger partial charge in [0.2, 0.25) is 0 Å². The molecule has 0 aliphatic heterocycles. The van der Waals surface area contributed by atoms with E-state index < -0.39 is 5.54 Å². The van der Waals surface area contributed by atoms with Gasteiger partial charge in [-0.05, 0) is 37.1 Å². The minimum atomic E-state index is -0.441. The smallest absolute Gasteiger partial charge is 0.260 e. The van der Waals surface area contributed by atoms with Crippen LogP contribution in [0.25, 0.3) is 11.5 Å². The highest BCUT2D eigenvalue weighted by molar-refractivity contribution is 5.76. The molecule has 1 fully saturated rings. The number of benzene rings is 2. The Bertz CT molecular complexity index is 822. The van der Waals surface area contributed by atoms with Crippen LogP contribution in [0.3, 0.4) is 0 Å². The van der Waals surface area contributed by atoms with Gasteiger partial charge in [0.1, 0.15) is 0 Å². The average Bonchev–Trinajstić information content (AvgIpc) is 3.27. The zero-order valence-electron chi connectivity index (χ0n) is 13.4. The van der Waals surface area contributed by atoms with Crippen LogP contribution in [-0.4, -0.2) is 10.1 Å². The zero-order valence-corrected chi connectivity index (χ0v) is 13.4. The van der Waals surface area contributed by atoms with Crippen LogP contribution in [0, 0.1) is 0 Å². The Morgan fingerprint density at radius 2 is 1.67 bits per heavy atom. The van der Waals surface area contributed by atoms with E-state index in [4.69, 9.17) is 10.3 Å². The molecule has 0 unspecified atom stereocenters. The topological polar surface area (TPSA) is 77.0 Å². The van der Waals surface area contributed by atoms with Gasteiger partial charge in [-0.1, -0.05) is 48.3 Å².